The highest BCUT2D eigenvalue weighted by atomic mass is 35.5. The minimum absolute atomic E-state index is 0.107. The number of alkyl halides is 3. The maximum absolute atomic E-state index is 12.7. The topological polar surface area (TPSA) is 54.5 Å². The minimum atomic E-state index is -4.49. The van der Waals surface area contributed by atoms with Gasteiger partial charge in [-0.25, -0.2) is 4.79 Å². The van der Waals surface area contributed by atoms with E-state index in [2.05, 4.69) is 10.3 Å². The number of nitrogens with zero attached hydrogens (tertiary/aromatic N) is 2. The number of halogens is 4. The smallest absolute Gasteiger partial charge is 0.417 e. The van der Waals surface area contributed by atoms with E-state index in [0.29, 0.717) is 25.4 Å². The van der Waals surface area contributed by atoms with Crippen LogP contribution in [-0.4, -0.2) is 35.6 Å². The van der Waals surface area contributed by atoms with Gasteiger partial charge in [0.25, 0.3) is 0 Å². The molecule has 0 atom stereocenters. The third-order valence-corrected chi connectivity index (χ3v) is 4.20. The number of ether oxygens (including phenoxy) is 1. The predicted molar refractivity (Wildman–Crippen MR) is 90.3 cm³/mol. The predicted octanol–water partition coefficient (Wildman–Crippen LogP) is 4.30. The first kappa shape index (κ1) is 18.3. The summed E-state index contributed by atoms with van der Waals surface area (Å²) in [6.07, 6.45) is -1.33. The lowest BCUT2D eigenvalue weighted by Gasteiger charge is -2.38. The molecule has 3 rings (SSSR count). The van der Waals surface area contributed by atoms with Crippen LogP contribution in [0.1, 0.15) is 5.56 Å². The first-order valence-electron chi connectivity index (χ1n) is 7.78. The molecule has 0 unspecified atom stereocenters. The Hall–Kier alpha value is -2.48. The Balaban J connectivity index is 1.45. The number of hydrogen-bond donors (Lipinski definition) is 1. The average molecular weight is 386 g/mol. The van der Waals surface area contributed by atoms with Gasteiger partial charge in [0, 0.05) is 25.2 Å². The summed E-state index contributed by atoms with van der Waals surface area (Å²) in [5.41, 5.74) is -0.287. The third-order valence-electron chi connectivity index (χ3n) is 3.89. The van der Waals surface area contributed by atoms with E-state index in [1.165, 1.54) is 6.07 Å². The van der Waals surface area contributed by atoms with Crippen LogP contribution in [0, 0.1) is 5.92 Å². The van der Waals surface area contributed by atoms with Crippen LogP contribution in [0.3, 0.4) is 0 Å². The van der Waals surface area contributed by atoms with E-state index in [4.69, 9.17) is 16.3 Å². The number of likely N-dealkylation sites (tertiary alicyclic amines) is 1. The van der Waals surface area contributed by atoms with Gasteiger partial charge in [0.1, 0.15) is 5.75 Å². The molecule has 2 amide bonds. The highest BCUT2D eigenvalue weighted by Gasteiger charge is 2.34. The summed E-state index contributed by atoms with van der Waals surface area (Å²) in [5.74, 6) is 0.372. The molecule has 138 valence electrons. The monoisotopic (exact) mass is 385 g/mol. The summed E-state index contributed by atoms with van der Waals surface area (Å²) in [7, 11) is 0. The third kappa shape index (κ3) is 4.37. The molecule has 0 radical (unpaired) electrons. The molecule has 1 saturated heterocycles. The fraction of sp³-hybridized carbons (Fsp3) is 0.294. The number of aromatic nitrogens is 1. The van der Waals surface area contributed by atoms with Crippen molar-refractivity contribution in [3.63, 3.8) is 0 Å². The number of pyridine rings is 1. The number of carbonyl (C=O) groups excluding carboxylic acids is 1. The first-order chi connectivity index (χ1) is 12.3. The standard InChI is InChI=1S/C17H15ClF3N3O2/c18-15-6-13(3-4-14(15)17(19,20)21)26-10-11-8-24(9-11)16(25)23-12-2-1-5-22-7-12/h1-7,11H,8-10H2,(H,23,25). The molecule has 1 fully saturated rings. The first-order valence-corrected chi connectivity index (χ1v) is 8.16. The average Bonchev–Trinajstić information content (AvgIpc) is 2.53. The van der Waals surface area contributed by atoms with Crippen molar-refractivity contribution in [3.05, 3.63) is 53.3 Å². The lowest BCUT2D eigenvalue weighted by molar-refractivity contribution is -0.137. The van der Waals surface area contributed by atoms with Gasteiger partial charge in [-0.1, -0.05) is 11.6 Å². The number of amides is 2. The molecular weight excluding hydrogens is 371 g/mol. The Labute approximate surface area is 152 Å². The van der Waals surface area contributed by atoms with Crippen LogP contribution in [0.5, 0.6) is 5.75 Å². The molecule has 1 aromatic carbocycles. The van der Waals surface area contributed by atoms with Crippen LogP contribution in [-0.2, 0) is 6.18 Å². The maximum atomic E-state index is 12.7. The van der Waals surface area contributed by atoms with Gasteiger partial charge in [-0.15, -0.1) is 0 Å². The van der Waals surface area contributed by atoms with E-state index in [1.54, 1.807) is 29.4 Å². The van der Waals surface area contributed by atoms with E-state index in [1.807, 2.05) is 0 Å². The van der Waals surface area contributed by atoms with Crippen LogP contribution >= 0.6 is 11.6 Å². The van der Waals surface area contributed by atoms with Crippen molar-refractivity contribution in [2.45, 2.75) is 6.18 Å². The van der Waals surface area contributed by atoms with Crippen LogP contribution in [0.4, 0.5) is 23.7 Å². The van der Waals surface area contributed by atoms with Gasteiger partial charge < -0.3 is 15.0 Å². The van der Waals surface area contributed by atoms with Gasteiger partial charge in [-0.05, 0) is 30.3 Å². The van der Waals surface area contributed by atoms with Crippen molar-refractivity contribution in [1.82, 2.24) is 9.88 Å². The zero-order chi connectivity index (χ0) is 18.7. The van der Waals surface area contributed by atoms with Gasteiger partial charge in [0.15, 0.2) is 0 Å². The summed E-state index contributed by atoms with van der Waals surface area (Å²) in [5, 5.41) is 2.32. The van der Waals surface area contributed by atoms with Crippen molar-refractivity contribution >= 4 is 23.3 Å². The second kappa shape index (κ2) is 7.41. The summed E-state index contributed by atoms with van der Waals surface area (Å²) in [6, 6.07) is 6.51. The number of anilines is 1. The number of carbonyl (C=O) groups is 1. The van der Waals surface area contributed by atoms with Gasteiger partial charge in [0.2, 0.25) is 0 Å². The zero-order valence-electron chi connectivity index (χ0n) is 13.5. The number of benzene rings is 1. The van der Waals surface area contributed by atoms with Crippen LogP contribution in [0.15, 0.2) is 42.7 Å². The molecule has 1 N–H and O–H groups in total. The molecule has 1 aliphatic heterocycles. The van der Waals surface area contributed by atoms with Crippen molar-refractivity contribution in [1.29, 1.82) is 0 Å². The van der Waals surface area contributed by atoms with Gasteiger partial charge in [-0.2, -0.15) is 13.2 Å². The van der Waals surface area contributed by atoms with E-state index >= 15 is 0 Å². The molecule has 0 spiro atoms. The van der Waals surface area contributed by atoms with E-state index in [0.717, 1.165) is 12.1 Å². The van der Waals surface area contributed by atoms with Crippen LogP contribution < -0.4 is 10.1 Å². The molecule has 1 aliphatic rings. The highest BCUT2D eigenvalue weighted by molar-refractivity contribution is 6.31. The number of urea groups is 1. The Morgan fingerprint density at radius 3 is 2.73 bits per heavy atom. The fourth-order valence-corrected chi connectivity index (χ4v) is 2.79. The normalized spacial score (nSPS) is 14.7. The second-order valence-corrected chi connectivity index (χ2v) is 6.30. The molecule has 0 aliphatic carbocycles. The highest BCUT2D eigenvalue weighted by Crippen LogP contribution is 2.36. The quantitative estimate of drug-likeness (QED) is 0.853. The second-order valence-electron chi connectivity index (χ2n) is 5.89. The van der Waals surface area contributed by atoms with Crippen molar-refractivity contribution in [2.24, 2.45) is 5.92 Å². The molecule has 1 aromatic heterocycles. The lowest BCUT2D eigenvalue weighted by atomic mass is 10.0. The maximum Gasteiger partial charge on any atom is 0.417 e. The molecular formula is C17H15ClF3N3O2. The summed E-state index contributed by atoms with van der Waals surface area (Å²) in [6.45, 7) is 1.29. The van der Waals surface area contributed by atoms with Crippen LogP contribution in [0.25, 0.3) is 0 Å². The summed E-state index contributed by atoms with van der Waals surface area (Å²) in [4.78, 5) is 17.5. The fourth-order valence-electron chi connectivity index (χ4n) is 2.51. The minimum Gasteiger partial charge on any atom is -0.493 e. The molecule has 0 bridgehead atoms. The molecule has 5 nitrogen and oxygen atoms in total. The molecule has 9 heteroatoms. The molecule has 2 heterocycles. The zero-order valence-corrected chi connectivity index (χ0v) is 14.2. The van der Waals surface area contributed by atoms with Crippen molar-refractivity contribution in [3.8, 4) is 5.75 Å². The van der Waals surface area contributed by atoms with E-state index < -0.39 is 16.8 Å². The summed E-state index contributed by atoms with van der Waals surface area (Å²) >= 11 is 5.65. The van der Waals surface area contributed by atoms with Gasteiger partial charge in [-0.3, -0.25) is 4.98 Å². The molecule has 26 heavy (non-hydrogen) atoms. The van der Waals surface area contributed by atoms with Crippen LogP contribution in [0.2, 0.25) is 5.02 Å². The van der Waals surface area contributed by atoms with E-state index in [9.17, 15) is 18.0 Å². The van der Waals surface area contributed by atoms with Gasteiger partial charge in [0.05, 0.1) is 29.1 Å². The Morgan fingerprint density at radius 2 is 2.12 bits per heavy atom. The van der Waals surface area contributed by atoms with Crippen molar-refractivity contribution in [2.75, 3.05) is 25.0 Å². The number of hydrogen-bond acceptors (Lipinski definition) is 3. The van der Waals surface area contributed by atoms with Gasteiger partial charge >= 0.3 is 12.2 Å². The summed E-state index contributed by atoms with van der Waals surface area (Å²) < 4.78 is 43.5. The Kier molecular flexibility index (Phi) is 5.22. The number of rotatable bonds is 4. The Bertz CT molecular complexity index is 781. The number of nitrogens with one attached hydrogen (secondary N) is 1. The van der Waals surface area contributed by atoms with E-state index in [-0.39, 0.29) is 17.7 Å². The van der Waals surface area contributed by atoms with Crippen molar-refractivity contribution < 1.29 is 22.7 Å². The largest absolute Gasteiger partial charge is 0.493 e. The SMILES string of the molecule is O=C(Nc1cccnc1)N1CC(COc2ccc(C(F)(F)F)c(Cl)c2)C1. The molecule has 2 aromatic rings. The molecule has 0 saturated carbocycles. The Morgan fingerprint density at radius 1 is 1.35 bits per heavy atom. The lowest BCUT2D eigenvalue weighted by Crippen LogP contribution is -2.53.